The van der Waals surface area contributed by atoms with Crippen LogP contribution in [-0.4, -0.2) is 16.1 Å². The molecule has 1 nitrogen and oxygen atoms in total. The molecule has 9 atom stereocenters. The van der Waals surface area contributed by atoms with Gasteiger partial charge in [-0.3, -0.25) is 0 Å². The summed E-state index contributed by atoms with van der Waals surface area (Å²) in [6.07, 6.45) is 23.3. The van der Waals surface area contributed by atoms with Crippen LogP contribution in [0.2, 0.25) is 0 Å². The van der Waals surface area contributed by atoms with Gasteiger partial charge < -0.3 is 4.74 Å². The maximum Gasteiger partial charge on any atom is 0.0704 e. The van der Waals surface area contributed by atoms with Gasteiger partial charge in [-0.2, -0.15) is 0 Å². The smallest absolute Gasteiger partial charge is 0.0704 e. The average molecular weight is 605 g/mol. The highest BCUT2D eigenvalue weighted by atomic mass is 127. The van der Waals surface area contributed by atoms with Gasteiger partial charge in [-0.05, 0) is 123 Å². The van der Waals surface area contributed by atoms with Gasteiger partial charge in [-0.25, -0.2) is 0 Å². The average Bonchev–Trinajstić information content (AvgIpc) is 3.27. The minimum Gasteiger partial charge on any atom is -0.373 e. The maximum absolute atomic E-state index is 6.98. The van der Waals surface area contributed by atoms with E-state index in [-0.39, 0.29) is 5.41 Å². The van der Waals surface area contributed by atoms with Crippen LogP contribution >= 0.6 is 22.6 Å². The van der Waals surface area contributed by atoms with Crippen LogP contribution in [0.5, 0.6) is 0 Å². The molecule has 0 spiro atoms. The molecule has 6 aliphatic rings. The highest BCUT2D eigenvalue weighted by Crippen LogP contribution is 2.64. The van der Waals surface area contributed by atoms with Crippen LogP contribution < -0.4 is 0 Å². The van der Waals surface area contributed by atoms with Crippen molar-refractivity contribution in [2.24, 2.45) is 64.6 Å². The van der Waals surface area contributed by atoms with E-state index in [1.807, 2.05) is 0 Å². The van der Waals surface area contributed by atoms with E-state index in [1.165, 1.54) is 77.0 Å². The minimum atomic E-state index is 0.261. The lowest BCUT2D eigenvalue weighted by atomic mass is 9.47. The van der Waals surface area contributed by atoms with Crippen LogP contribution in [0.1, 0.15) is 105 Å². The fraction of sp³-hybridized carbons (Fsp3) is 0.882. The van der Waals surface area contributed by atoms with Gasteiger partial charge in [0.05, 0.1) is 12.2 Å². The van der Waals surface area contributed by atoms with E-state index < -0.39 is 0 Å². The highest BCUT2D eigenvalue weighted by Gasteiger charge is 2.61. The second-order valence-electron chi connectivity index (χ2n) is 14.9. The quantitative estimate of drug-likeness (QED) is 0.177. The predicted molar refractivity (Wildman–Crippen MR) is 160 cm³/mol. The van der Waals surface area contributed by atoms with E-state index >= 15 is 0 Å². The third-order valence-electron chi connectivity index (χ3n) is 12.8. The Morgan fingerprint density at radius 1 is 0.917 bits per heavy atom. The van der Waals surface area contributed by atoms with Crippen molar-refractivity contribution in [2.45, 2.75) is 121 Å². The van der Waals surface area contributed by atoms with E-state index in [0.29, 0.717) is 30.0 Å². The summed E-state index contributed by atoms with van der Waals surface area (Å²) in [4.78, 5) is 0. The Labute approximate surface area is 236 Å². The molecular formula is C34H53IO. The lowest BCUT2D eigenvalue weighted by Crippen LogP contribution is -2.54. The zero-order valence-electron chi connectivity index (χ0n) is 23.6. The molecule has 2 heteroatoms. The molecule has 6 unspecified atom stereocenters. The molecule has 36 heavy (non-hydrogen) atoms. The first-order valence-corrected chi connectivity index (χ1v) is 17.2. The van der Waals surface area contributed by atoms with Gasteiger partial charge >= 0.3 is 0 Å². The van der Waals surface area contributed by atoms with E-state index in [4.69, 9.17) is 11.3 Å². The van der Waals surface area contributed by atoms with Crippen LogP contribution in [-0.2, 0) is 4.74 Å². The molecule has 5 aliphatic carbocycles. The molecule has 0 bridgehead atoms. The molecule has 1 heterocycles. The van der Waals surface area contributed by atoms with Crippen molar-refractivity contribution >= 4 is 22.6 Å². The van der Waals surface area contributed by atoms with Gasteiger partial charge in [0, 0.05) is 15.8 Å². The second-order valence-corrected chi connectivity index (χ2v) is 16.7. The third kappa shape index (κ3) is 4.52. The van der Waals surface area contributed by atoms with E-state index in [2.05, 4.69) is 62.4 Å². The molecule has 6 rings (SSSR count). The number of allylic oxidation sites excluding steroid dienone is 1. The zero-order valence-corrected chi connectivity index (χ0v) is 25.8. The number of hydrogen-bond acceptors (Lipinski definition) is 1. The number of hydrogen-bond donors (Lipinski definition) is 0. The van der Waals surface area contributed by atoms with Crippen molar-refractivity contribution in [1.29, 1.82) is 0 Å². The Bertz CT molecular complexity index is 828. The van der Waals surface area contributed by atoms with Crippen molar-refractivity contribution < 1.29 is 4.74 Å². The summed E-state index contributed by atoms with van der Waals surface area (Å²) in [7, 11) is 0. The van der Waals surface area contributed by atoms with Gasteiger partial charge in [0.1, 0.15) is 0 Å². The molecule has 1 saturated heterocycles. The fourth-order valence-electron chi connectivity index (χ4n) is 10.7. The van der Waals surface area contributed by atoms with E-state index in [1.54, 1.807) is 5.57 Å². The predicted octanol–water partition coefficient (Wildman–Crippen LogP) is 9.65. The molecule has 1 aliphatic heterocycles. The van der Waals surface area contributed by atoms with E-state index in [0.717, 1.165) is 45.3 Å². The summed E-state index contributed by atoms with van der Waals surface area (Å²) in [5.41, 5.74) is 1.85. The Morgan fingerprint density at radius 3 is 2.22 bits per heavy atom. The normalized spacial score (nSPS) is 52.4. The number of fused-ring (bicyclic) bond motifs is 4. The van der Waals surface area contributed by atoms with Crippen molar-refractivity contribution in [3.05, 3.63) is 24.3 Å². The van der Waals surface area contributed by atoms with Gasteiger partial charge in [0.15, 0.2) is 0 Å². The second kappa shape index (κ2) is 10.3. The van der Waals surface area contributed by atoms with Crippen molar-refractivity contribution in [3.63, 3.8) is 0 Å². The first kappa shape index (κ1) is 26.4. The molecular weight excluding hydrogens is 551 g/mol. The molecule has 0 radical (unpaired) electrons. The van der Waals surface area contributed by atoms with Crippen LogP contribution in [0.25, 0.3) is 0 Å². The van der Waals surface area contributed by atoms with Gasteiger partial charge in [0.2, 0.25) is 0 Å². The topological polar surface area (TPSA) is 9.23 Å². The number of rotatable bonds is 3. The first-order valence-electron chi connectivity index (χ1n) is 15.9. The molecule has 0 aromatic rings. The highest BCUT2D eigenvalue weighted by molar-refractivity contribution is 14.1. The SMILES string of the molecule is C=C1C2CC(CC)[C@H](C3CCC(C4CCC(I)CC4)CC3)C[C@@H]2C(C)(C)C2OC3CC(C)C=CC3[C@H]12. The molecule has 4 saturated carbocycles. The van der Waals surface area contributed by atoms with Crippen LogP contribution in [0.15, 0.2) is 24.3 Å². The number of alkyl halides is 1. The monoisotopic (exact) mass is 604 g/mol. The Kier molecular flexibility index (Phi) is 7.55. The summed E-state index contributed by atoms with van der Waals surface area (Å²) in [6, 6.07) is 0. The van der Waals surface area contributed by atoms with Gasteiger partial charge in [-0.15, -0.1) is 0 Å². The van der Waals surface area contributed by atoms with Crippen LogP contribution in [0, 0.1) is 64.6 Å². The Morgan fingerprint density at radius 2 is 1.56 bits per heavy atom. The van der Waals surface area contributed by atoms with Crippen LogP contribution in [0.3, 0.4) is 0 Å². The van der Waals surface area contributed by atoms with Crippen LogP contribution in [0.4, 0.5) is 0 Å². The van der Waals surface area contributed by atoms with E-state index in [9.17, 15) is 0 Å². The van der Waals surface area contributed by atoms with Gasteiger partial charge in [-0.1, -0.05) is 81.0 Å². The minimum absolute atomic E-state index is 0.261. The zero-order chi connectivity index (χ0) is 25.2. The Balaban J connectivity index is 1.17. The van der Waals surface area contributed by atoms with Crippen molar-refractivity contribution in [2.75, 3.05) is 0 Å². The molecule has 5 fully saturated rings. The number of halogens is 1. The standard InChI is InChI=1S/C34H53IO/c1-6-22-18-28-21(3)32-27-16-7-20(2)17-31(27)36-33(32)34(4,5)30(28)19-29(22)25-10-8-23(9-11-25)24-12-14-26(35)15-13-24/h7,16,20,22-33H,3,6,8-15,17-19H2,1-2,4-5H3/t20?,22?,23?,24?,25?,26?,27?,28?,29-,30+,31?,32+,33?/m1/s1. The lowest BCUT2D eigenvalue weighted by Gasteiger charge is -2.58. The fourth-order valence-corrected chi connectivity index (χ4v) is 11.5. The lowest BCUT2D eigenvalue weighted by molar-refractivity contribution is -0.114. The summed E-state index contributed by atoms with van der Waals surface area (Å²) in [5, 5.41) is 0. The largest absolute Gasteiger partial charge is 0.373 e. The Hall–Kier alpha value is 0.170. The number of ether oxygens (including phenoxy) is 1. The summed E-state index contributed by atoms with van der Waals surface area (Å²) in [6.45, 7) is 14.9. The summed E-state index contributed by atoms with van der Waals surface area (Å²) in [5.74, 6) is 8.18. The van der Waals surface area contributed by atoms with Crippen molar-refractivity contribution in [1.82, 2.24) is 0 Å². The molecule has 0 aromatic heterocycles. The molecule has 0 aromatic carbocycles. The first-order chi connectivity index (χ1) is 17.3. The molecule has 0 N–H and O–H groups in total. The summed E-state index contributed by atoms with van der Waals surface area (Å²) >= 11 is 2.70. The maximum atomic E-state index is 6.98. The summed E-state index contributed by atoms with van der Waals surface area (Å²) < 4.78 is 7.94. The molecule has 202 valence electrons. The molecule has 0 amide bonds. The third-order valence-corrected chi connectivity index (χ3v) is 14.1. The van der Waals surface area contributed by atoms with Gasteiger partial charge in [0.25, 0.3) is 0 Å². The van der Waals surface area contributed by atoms with Crippen molar-refractivity contribution in [3.8, 4) is 0 Å².